The van der Waals surface area contributed by atoms with E-state index >= 15 is 0 Å². The van der Waals surface area contributed by atoms with Crippen LogP contribution in [0.25, 0.3) is 0 Å². The Labute approximate surface area is 156 Å². The molecule has 1 aliphatic heterocycles. The summed E-state index contributed by atoms with van der Waals surface area (Å²) in [4.78, 5) is 22.1. The molecule has 142 valence electrons. The number of ether oxygens (including phenoxy) is 2. The lowest BCUT2D eigenvalue weighted by Gasteiger charge is -2.36. The van der Waals surface area contributed by atoms with Gasteiger partial charge < -0.3 is 9.47 Å². The standard InChI is InChI=1S/C22H30O4/c1-16(9-7-10-17(2)15-19(24)25-18(3)23)11-14-22-20(4,5)12-8-13-21(22,6)26-22/h7,9-11,14-15H,8,12-13H2,1-6H3/b10-7+,14-11+,16-9+,17-15+. The number of rotatable bonds is 5. The van der Waals surface area contributed by atoms with E-state index in [4.69, 9.17) is 4.74 Å². The van der Waals surface area contributed by atoms with Crippen LogP contribution in [-0.2, 0) is 19.1 Å². The largest absolute Gasteiger partial charge is 0.390 e. The normalized spacial score (nSPS) is 31.2. The molecule has 1 saturated heterocycles. The van der Waals surface area contributed by atoms with E-state index in [2.05, 4.69) is 37.7 Å². The molecule has 2 atom stereocenters. The van der Waals surface area contributed by atoms with Crippen LogP contribution in [0.3, 0.4) is 0 Å². The molecule has 4 heteroatoms. The molecule has 4 nitrogen and oxygen atoms in total. The van der Waals surface area contributed by atoms with Crippen LogP contribution in [0.1, 0.15) is 60.8 Å². The van der Waals surface area contributed by atoms with Crippen LogP contribution in [0.2, 0.25) is 0 Å². The highest BCUT2D eigenvalue weighted by atomic mass is 16.6. The summed E-state index contributed by atoms with van der Waals surface area (Å²) in [6, 6.07) is 0. The highest BCUT2D eigenvalue weighted by Crippen LogP contribution is 2.66. The lowest BCUT2D eigenvalue weighted by molar-refractivity contribution is -0.154. The summed E-state index contributed by atoms with van der Waals surface area (Å²) >= 11 is 0. The first-order valence-electron chi connectivity index (χ1n) is 9.16. The lowest BCUT2D eigenvalue weighted by Crippen LogP contribution is -2.41. The quantitative estimate of drug-likeness (QED) is 0.232. The second-order valence-corrected chi connectivity index (χ2v) is 8.21. The van der Waals surface area contributed by atoms with E-state index < -0.39 is 11.9 Å². The van der Waals surface area contributed by atoms with Gasteiger partial charge in [-0.25, -0.2) is 4.79 Å². The Kier molecular flexibility index (Phi) is 5.76. The maximum absolute atomic E-state index is 11.4. The van der Waals surface area contributed by atoms with Gasteiger partial charge in [-0.15, -0.1) is 0 Å². The van der Waals surface area contributed by atoms with E-state index in [1.165, 1.54) is 25.8 Å². The first-order chi connectivity index (χ1) is 12.0. The maximum Gasteiger partial charge on any atom is 0.338 e. The van der Waals surface area contributed by atoms with Crippen LogP contribution in [0.15, 0.2) is 47.6 Å². The minimum absolute atomic E-state index is 0.0300. The molecule has 2 rings (SSSR count). The van der Waals surface area contributed by atoms with Gasteiger partial charge in [0.25, 0.3) is 0 Å². The van der Waals surface area contributed by atoms with Crippen molar-refractivity contribution < 1.29 is 19.1 Å². The topological polar surface area (TPSA) is 55.9 Å². The predicted octanol–water partition coefficient (Wildman–Crippen LogP) is 4.82. The zero-order chi connectivity index (χ0) is 19.6. The number of carbonyl (C=O) groups excluding carboxylic acids is 2. The summed E-state index contributed by atoms with van der Waals surface area (Å²) in [6.45, 7) is 11.8. The molecule has 0 aromatic carbocycles. The van der Waals surface area contributed by atoms with Gasteiger partial charge in [0.05, 0.1) is 5.60 Å². The molecule has 2 unspecified atom stereocenters. The van der Waals surface area contributed by atoms with Gasteiger partial charge in [-0.2, -0.15) is 0 Å². The summed E-state index contributed by atoms with van der Waals surface area (Å²) in [5, 5.41) is 0. The van der Waals surface area contributed by atoms with E-state index in [0.29, 0.717) is 0 Å². The zero-order valence-electron chi connectivity index (χ0n) is 16.7. The average Bonchev–Trinajstić information content (AvgIpc) is 3.12. The van der Waals surface area contributed by atoms with Crippen LogP contribution >= 0.6 is 0 Å². The van der Waals surface area contributed by atoms with E-state index in [1.54, 1.807) is 13.0 Å². The van der Waals surface area contributed by atoms with Crippen molar-refractivity contribution in [1.82, 2.24) is 0 Å². The van der Waals surface area contributed by atoms with Crippen molar-refractivity contribution in [2.75, 3.05) is 0 Å². The number of epoxide rings is 1. The summed E-state index contributed by atoms with van der Waals surface area (Å²) in [5.74, 6) is -1.26. The Bertz CT molecular complexity index is 708. The highest BCUT2D eigenvalue weighted by Gasteiger charge is 2.73. The maximum atomic E-state index is 11.4. The van der Waals surface area contributed by atoms with E-state index in [9.17, 15) is 9.59 Å². The van der Waals surface area contributed by atoms with Gasteiger partial charge in [-0.3, -0.25) is 4.79 Å². The van der Waals surface area contributed by atoms with Crippen LogP contribution in [-0.4, -0.2) is 23.1 Å². The number of allylic oxidation sites excluding steroid dienone is 6. The van der Waals surface area contributed by atoms with Crippen molar-refractivity contribution in [2.24, 2.45) is 5.41 Å². The van der Waals surface area contributed by atoms with Crippen molar-refractivity contribution in [3.63, 3.8) is 0 Å². The minimum Gasteiger partial charge on any atom is -0.390 e. The molecule has 1 saturated carbocycles. The summed E-state index contributed by atoms with van der Waals surface area (Å²) in [6.07, 6.45) is 14.8. The van der Waals surface area contributed by atoms with Crippen LogP contribution < -0.4 is 0 Å². The van der Waals surface area contributed by atoms with E-state index in [1.807, 2.05) is 19.1 Å². The van der Waals surface area contributed by atoms with E-state index in [-0.39, 0.29) is 16.6 Å². The summed E-state index contributed by atoms with van der Waals surface area (Å²) in [7, 11) is 0. The Balaban J connectivity index is 2.00. The Morgan fingerprint density at radius 1 is 1.00 bits per heavy atom. The first-order valence-corrected chi connectivity index (χ1v) is 9.16. The third-order valence-corrected chi connectivity index (χ3v) is 5.48. The van der Waals surface area contributed by atoms with Gasteiger partial charge in [0, 0.05) is 18.4 Å². The second-order valence-electron chi connectivity index (χ2n) is 8.21. The summed E-state index contributed by atoms with van der Waals surface area (Å²) < 4.78 is 10.7. The van der Waals surface area contributed by atoms with Gasteiger partial charge in [-0.1, -0.05) is 43.7 Å². The molecule has 0 radical (unpaired) electrons. The molecule has 1 aliphatic carbocycles. The van der Waals surface area contributed by atoms with E-state index in [0.717, 1.165) is 17.6 Å². The molecule has 2 fully saturated rings. The van der Waals surface area contributed by atoms with Crippen molar-refractivity contribution in [3.8, 4) is 0 Å². The summed E-state index contributed by atoms with van der Waals surface area (Å²) in [5.41, 5.74) is 1.77. The fourth-order valence-electron chi connectivity index (χ4n) is 3.97. The third kappa shape index (κ3) is 4.24. The molecule has 26 heavy (non-hydrogen) atoms. The molecule has 2 aliphatic rings. The Morgan fingerprint density at radius 2 is 1.69 bits per heavy atom. The smallest absolute Gasteiger partial charge is 0.338 e. The number of esters is 2. The average molecular weight is 358 g/mol. The third-order valence-electron chi connectivity index (χ3n) is 5.48. The van der Waals surface area contributed by atoms with Gasteiger partial charge in [0.2, 0.25) is 0 Å². The van der Waals surface area contributed by atoms with Gasteiger partial charge in [0.1, 0.15) is 5.60 Å². The van der Waals surface area contributed by atoms with Gasteiger partial charge in [-0.05, 0) is 51.7 Å². The number of hydrogen-bond donors (Lipinski definition) is 0. The number of hydrogen-bond acceptors (Lipinski definition) is 4. The fraction of sp³-hybridized carbons (Fsp3) is 0.545. The van der Waals surface area contributed by atoms with Crippen LogP contribution in [0, 0.1) is 5.41 Å². The number of carbonyl (C=O) groups is 2. The van der Waals surface area contributed by atoms with Gasteiger partial charge in [0.15, 0.2) is 0 Å². The fourth-order valence-corrected chi connectivity index (χ4v) is 3.97. The Morgan fingerprint density at radius 3 is 2.31 bits per heavy atom. The second kappa shape index (κ2) is 7.36. The predicted molar refractivity (Wildman–Crippen MR) is 102 cm³/mol. The highest BCUT2D eigenvalue weighted by molar-refractivity contribution is 5.91. The molecule has 0 bridgehead atoms. The van der Waals surface area contributed by atoms with Crippen molar-refractivity contribution in [2.45, 2.75) is 72.0 Å². The molecular weight excluding hydrogens is 328 g/mol. The first kappa shape index (κ1) is 20.4. The van der Waals surface area contributed by atoms with Crippen LogP contribution in [0.5, 0.6) is 0 Å². The minimum atomic E-state index is -0.649. The van der Waals surface area contributed by atoms with Crippen LogP contribution in [0.4, 0.5) is 0 Å². The number of fused-ring (bicyclic) bond motifs is 1. The molecule has 0 aromatic rings. The Hall–Kier alpha value is -1.94. The molecule has 0 amide bonds. The van der Waals surface area contributed by atoms with Crippen molar-refractivity contribution in [3.05, 3.63) is 47.6 Å². The lowest BCUT2D eigenvalue weighted by atomic mass is 9.64. The SMILES string of the molecule is CC(=O)OC(=O)/C=C(C)/C=C/C=C(C)/C=C/C12OC1(C)CCCC2(C)C. The monoisotopic (exact) mass is 358 g/mol. The van der Waals surface area contributed by atoms with Crippen molar-refractivity contribution >= 4 is 11.9 Å². The molecular formula is C22H30O4. The molecule has 0 aromatic heterocycles. The molecule has 1 heterocycles. The van der Waals surface area contributed by atoms with Crippen molar-refractivity contribution in [1.29, 1.82) is 0 Å². The molecule has 0 N–H and O–H groups in total. The zero-order valence-corrected chi connectivity index (χ0v) is 16.7. The van der Waals surface area contributed by atoms with Gasteiger partial charge >= 0.3 is 11.9 Å². The molecule has 0 spiro atoms.